The summed E-state index contributed by atoms with van der Waals surface area (Å²) in [5.41, 5.74) is -0.142. The fraction of sp³-hybridized carbons (Fsp3) is 0.400. The molecule has 0 saturated heterocycles. The summed E-state index contributed by atoms with van der Waals surface area (Å²) < 4.78 is 27.2. The molecule has 0 heterocycles. The standard InChI is InChI=1S/C10H15N3O5S/c1-7(6-18-2)12-9-4-3-8(19(11,16)17)5-10(9)13(14)15/h3-5,7,12H,6H2,1-2H3,(H2,11,16,17)/t7-/m0/s1. The molecule has 8 nitrogen and oxygen atoms in total. The van der Waals surface area contributed by atoms with Crippen molar-refractivity contribution in [1.29, 1.82) is 0 Å². The highest BCUT2D eigenvalue weighted by molar-refractivity contribution is 7.89. The highest BCUT2D eigenvalue weighted by Gasteiger charge is 2.19. The van der Waals surface area contributed by atoms with Crippen molar-refractivity contribution in [2.45, 2.75) is 17.9 Å². The number of methoxy groups -OCH3 is 1. The number of sulfonamides is 1. The molecule has 0 aromatic heterocycles. The molecule has 106 valence electrons. The maximum absolute atomic E-state index is 11.2. The van der Waals surface area contributed by atoms with Gasteiger partial charge < -0.3 is 10.1 Å². The van der Waals surface area contributed by atoms with E-state index in [2.05, 4.69) is 5.32 Å². The van der Waals surface area contributed by atoms with E-state index in [1.165, 1.54) is 19.2 Å². The number of nitro benzene ring substituents is 1. The zero-order valence-electron chi connectivity index (χ0n) is 10.5. The van der Waals surface area contributed by atoms with Gasteiger partial charge in [0.25, 0.3) is 5.69 Å². The molecule has 0 radical (unpaired) electrons. The van der Waals surface area contributed by atoms with Crippen LogP contribution in [0.2, 0.25) is 0 Å². The van der Waals surface area contributed by atoms with Crippen LogP contribution < -0.4 is 10.5 Å². The molecule has 3 N–H and O–H groups in total. The van der Waals surface area contributed by atoms with Crippen molar-refractivity contribution in [3.63, 3.8) is 0 Å². The van der Waals surface area contributed by atoms with Crippen LogP contribution in [0.1, 0.15) is 6.92 Å². The number of anilines is 1. The van der Waals surface area contributed by atoms with Gasteiger partial charge in [-0.15, -0.1) is 0 Å². The van der Waals surface area contributed by atoms with E-state index in [9.17, 15) is 18.5 Å². The van der Waals surface area contributed by atoms with E-state index in [0.717, 1.165) is 6.07 Å². The summed E-state index contributed by atoms with van der Waals surface area (Å²) in [7, 11) is -2.46. The van der Waals surface area contributed by atoms with Crippen LogP contribution in [0.5, 0.6) is 0 Å². The SMILES string of the molecule is COC[C@H](C)Nc1ccc(S(N)(=O)=O)cc1[N+](=O)[O-]. The molecule has 19 heavy (non-hydrogen) atoms. The van der Waals surface area contributed by atoms with Gasteiger partial charge >= 0.3 is 0 Å². The molecule has 1 aromatic rings. The first kappa shape index (κ1) is 15.3. The topological polar surface area (TPSA) is 125 Å². The fourth-order valence-corrected chi connectivity index (χ4v) is 2.05. The van der Waals surface area contributed by atoms with E-state index in [-0.39, 0.29) is 22.3 Å². The minimum Gasteiger partial charge on any atom is -0.383 e. The molecule has 0 aliphatic rings. The largest absolute Gasteiger partial charge is 0.383 e. The Hall–Kier alpha value is -1.71. The molecule has 0 unspecified atom stereocenters. The van der Waals surface area contributed by atoms with Crippen molar-refractivity contribution >= 4 is 21.4 Å². The second-order valence-corrected chi connectivity index (χ2v) is 5.54. The van der Waals surface area contributed by atoms with Gasteiger partial charge in [0, 0.05) is 19.2 Å². The van der Waals surface area contributed by atoms with Crippen LogP contribution in [-0.2, 0) is 14.8 Å². The number of nitrogens with two attached hydrogens (primary N) is 1. The fourth-order valence-electron chi connectivity index (χ4n) is 1.52. The van der Waals surface area contributed by atoms with Crippen LogP contribution in [0, 0.1) is 10.1 Å². The lowest BCUT2D eigenvalue weighted by Crippen LogP contribution is -2.21. The number of ether oxygens (including phenoxy) is 1. The molecule has 1 atom stereocenters. The quantitative estimate of drug-likeness (QED) is 0.586. The van der Waals surface area contributed by atoms with Gasteiger partial charge in [-0.2, -0.15) is 0 Å². The van der Waals surface area contributed by atoms with Gasteiger partial charge in [-0.3, -0.25) is 10.1 Å². The first-order valence-corrected chi connectivity index (χ1v) is 6.87. The van der Waals surface area contributed by atoms with Crippen molar-refractivity contribution in [2.24, 2.45) is 5.14 Å². The molecule has 0 bridgehead atoms. The number of hydrogen-bond donors (Lipinski definition) is 2. The molecule has 0 aliphatic carbocycles. The summed E-state index contributed by atoms with van der Waals surface area (Å²) in [6.07, 6.45) is 0. The number of rotatable bonds is 6. The van der Waals surface area contributed by atoms with Gasteiger partial charge in [0.05, 0.1) is 16.4 Å². The lowest BCUT2D eigenvalue weighted by atomic mass is 10.2. The Morgan fingerprint density at radius 1 is 1.53 bits per heavy atom. The van der Waals surface area contributed by atoms with E-state index in [1.54, 1.807) is 6.92 Å². The summed E-state index contributed by atoms with van der Waals surface area (Å²) in [5, 5.41) is 18.7. The maximum atomic E-state index is 11.2. The van der Waals surface area contributed by atoms with Crippen molar-refractivity contribution in [3.05, 3.63) is 28.3 Å². The van der Waals surface area contributed by atoms with E-state index in [0.29, 0.717) is 6.61 Å². The highest BCUT2D eigenvalue weighted by atomic mass is 32.2. The van der Waals surface area contributed by atoms with Crippen LogP contribution in [0.3, 0.4) is 0 Å². The van der Waals surface area contributed by atoms with E-state index in [4.69, 9.17) is 9.88 Å². The lowest BCUT2D eigenvalue weighted by molar-refractivity contribution is -0.384. The van der Waals surface area contributed by atoms with Crippen molar-refractivity contribution < 1.29 is 18.1 Å². The second kappa shape index (κ2) is 5.95. The number of nitro groups is 1. The van der Waals surface area contributed by atoms with Gasteiger partial charge in [-0.05, 0) is 19.1 Å². The number of primary sulfonamides is 1. The van der Waals surface area contributed by atoms with Crippen molar-refractivity contribution in [2.75, 3.05) is 19.0 Å². The van der Waals surface area contributed by atoms with Gasteiger partial charge in [-0.1, -0.05) is 0 Å². The van der Waals surface area contributed by atoms with Crippen LogP contribution in [-0.4, -0.2) is 33.1 Å². The Morgan fingerprint density at radius 2 is 2.16 bits per heavy atom. The summed E-state index contributed by atoms with van der Waals surface area (Å²) >= 11 is 0. The molecule has 0 amide bonds. The normalized spacial score (nSPS) is 13.0. The third kappa shape index (κ3) is 4.16. The van der Waals surface area contributed by atoms with E-state index in [1.807, 2.05) is 0 Å². The average Bonchev–Trinajstić information content (AvgIpc) is 2.27. The minimum absolute atomic E-state index is 0.163. The van der Waals surface area contributed by atoms with E-state index >= 15 is 0 Å². The number of nitrogens with one attached hydrogen (secondary N) is 1. The molecular weight excluding hydrogens is 274 g/mol. The number of benzene rings is 1. The first-order valence-electron chi connectivity index (χ1n) is 5.32. The Kier molecular flexibility index (Phi) is 4.81. The Balaban J connectivity index is 3.16. The summed E-state index contributed by atoms with van der Waals surface area (Å²) in [6, 6.07) is 3.29. The third-order valence-electron chi connectivity index (χ3n) is 2.31. The number of nitrogens with zero attached hydrogens (tertiary/aromatic N) is 1. The molecule has 0 spiro atoms. The average molecular weight is 289 g/mol. The predicted molar refractivity (Wildman–Crippen MR) is 69.4 cm³/mol. The molecule has 1 rings (SSSR count). The molecule has 0 fully saturated rings. The first-order chi connectivity index (χ1) is 8.75. The van der Waals surface area contributed by atoms with Crippen LogP contribution in [0.4, 0.5) is 11.4 Å². The summed E-state index contributed by atoms with van der Waals surface area (Å²) in [4.78, 5) is 9.97. The Morgan fingerprint density at radius 3 is 2.63 bits per heavy atom. The molecular formula is C10H15N3O5S. The lowest BCUT2D eigenvalue weighted by Gasteiger charge is -2.14. The molecule has 9 heteroatoms. The number of hydrogen-bond acceptors (Lipinski definition) is 6. The van der Waals surface area contributed by atoms with Crippen LogP contribution in [0.15, 0.2) is 23.1 Å². The zero-order valence-corrected chi connectivity index (χ0v) is 11.3. The van der Waals surface area contributed by atoms with E-state index < -0.39 is 14.9 Å². The van der Waals surface area contributed by atoms with Gasteiger partial charge in [0.2, 0.25) is 10.0 Å². The zero-order chi connectivity index (χ0) is 14.6. The minimum atomic E-state index is -3.97. The van der Waals surface area contributed by atoms with Gasteiger partial charge in [-0.25, -0.2) is 13.6 Å². The highest BCUT2D eigenvalue weighted by Crippen LogP contribution is 2.27. The maximum Gasteiger partial charge on any atom is 0.293 e. The smallest absolute Gasteiger partial charge is 0.293 e. The molecule has 0 saturated carbocycles. The van der Waals surface area contributed by atoms with Crippen molar-refractivity contribution in [1.82, 2.24) is 0 Å². The van der Waals surface area contributed by atoms with Gasteiger partial charge in [0.1, 0.15) is 5.69 Å². The predicted octanol–water partition coefficient (Wildman–Crippen LogP) is 0.689. The second-order valence-electron chi connectivity index (χ2n) is 3.98. The Bertz CT molecular complexity index is 573. The molecule has 1 aromatic carbocycles. The summed E-state index contributed by atoms with van der Waals surface area (Å²) in [5.74, 6) is 0. The van der Waals surface area contributed by atoms with Crippen molar-refractivity contribution in [3.8, 4) is 0 Å². The molecule has 0 aliphatic heterocycles. The van der Waals surface area contributed by atoms with Crippen LogP contribution >= 0.6 is 0 Å². The van der Waals surface area contributed by atoms with Gasteiger partial charge in [0.15, 0.2) is 0 Å². The summed E-state index contributed by atoms with van der Waals surface area (Å²) in [6.45, 7) is 2.13. The Labute approximate surface area is 110 Å². The monoisotopic (exact) mass is 289 g/mol. The van der Waals surface area contributed by atoms with Crippen LogP contribution in [0.25, 0.3) is 0 Å². The third-order valence-corrected chi connectivity index (χ3v) is 3.22.